The van der Waals surface area contributed by atoms with Gasteiger partial charge < -0.3 is 9.47 Å². The molecule has 1 aliphatic rings. The highest BCUT2D eigenvalue weighted by Crippen LogP contribution is 2.28. The highest BCUT2D eigenvalue weighted by molar-refractivity contribution is 5.38. The zero-order chi connectivity index (χ0) is 18.4. The molecule has 0 bridgehead atoms. The quantitative estimate of drug-likeness (QED) is 0.618. The number of piperidine rings is 1. The van der Waals surface area contributed by atoms with Gasteiger partial charge in [-0.2, -0.15) is 0 Å². The fourth-order valence-corrected chi connectivity index (χ4v) is 3.71. The second-order valence-electron chi connectivity index (χ2n) is 8.49. The first-order valence-corrected chi connectivity index (χ1v) is 10.0. The Kier molecular flexibility index (Phi) is 7.61. The van der Waals surface area contributed by atoms with Crippen LogP contribution in [0.15, 0.2) is 18.2 Å². The molecule has 3 heteroatoms. The molecule has 1 fully saturated rings. The Morgan fingerprint density at radius 3 is 1.84 bits per heavy atom. The number of hydrogen-bond acceptors (Lipinski definition) is 3. The Morgan fingerprint density at radius 1 is 0.880 bits per heavy atom. The molecule has 0 aliphatic carbocycles. The van der Waals surface area contributed by atoms with Crippen LogP contribution < -0.4 is 9.47 Å². The first kappa shape index (κ1) is 20.1. The number of nitrogens with zero attached hydrogens (tertiary/aromatic N) is 1. The molecule has 1 heterocycles. The number of benzene rings is 1. The van der Waals surface area contributed by atoms with Crippen molar-refractivity contribution >= 4 is 0 Å². The average molecular weight is 348 g/mol. The SMILES string of the molecule is CC(C)CC1CCN(Cc2cc(OC(C)C)cc(OC(C)C)c2)CC1. The van der Waals surface area contributed by atoms with E-state index in [4.69, 9.17) is 9.47 Å². The van der Waals surface area contributed by atoms with E-state index in [1.165, 1.54) is 37.9 Å². The second-order valence-corrected chi connectivity index (χ2v) is 8.49. The Bertz CT molecular complexity index is 489. The van der Waals surface area contributed by atoms with Crippen molar-refractivity contribution in [3.05, 3.63) is 23.8 Å². The van der Waals surface area contributed by atoms with E-state index in [9.17, 15) is 0 Å². The Labute approximate surface area is 154 Å². The van der Waals surface area contributed by atoms with Gasteiger partial charge in [-0.25, -0.2) is 0 Å². The van der Waals surface area contributed by atoms with E-state index in [1.807, 2.05) is 6.07 Å². The highest BCUT2D eigenvalue weighted by atomic mass is 16.5. The molecule has 0 saturated carbocycles. The summed E-state index contributed by atoms with van der Waals surface area (Å²) in [6, 6.07) is 6.36. The minimum atomic E-state index is 0.175. The normalized spacial score (nSPS) is 16.8. The molecule has 1 aliphatic heterocycles. The van der Waals surface area contributed by atoms with Gasteiger partial charge in [-0.05, 0) is 89.6 Å². The molecule has 0 unspecified atom stereocenters. The zero-order valence-corrected chi connectivity index (χ0v) is 17.0. The fourth-order valence-electron chi connectivity index (χ4n) is 3.71. The number of hydrogen-bond donors (Lipinski definition) is 0. The molecule has 1 aromatic carbocycles. The third-order valence-electron chi connectivity index (χ3n) is 4.60. The van der Waals surface area contributed by atoms with Crippen molar-refractivity contribution in [2.45, 2.75) is 79.6 Å². The predicted molar refractivity (Wildman–Crippen MR) is 105 cm³/mol. The van der Waals surface area contributed by atoms with Crippen LogP contribution in [0.2, 0.25) is 0 Å². The number of ether oxygens (including phenoxy) is 2. The van der Waals surface area contributed by atoms with Gasteiger partial charge in [-0.1, -0.05) is 13.8 Å². The van der Waals surface area contributed by atoms with E-state index in [1.54, 1.807) is 0 Å². The third-order valence-corrected chi connectivity index (χ3v) is 4.60. The van der Waals surface area contributed by atoms with Gasteiger partial charge in [-0.3, -0.25) is 4.90 Å². The van der Waals surface area contributed by atoms with Crippen LogP contribution in [0.4, 0.5) is 0 Å². The Morgan fingerprint density at radius 2 is 1.40 bits per heavy atom. The molecule has 0 amide bonds. The van der Waals surface area contributed by atoms with Crippen molar-refractivity contribution in [1.29, 1.82) is 0 Å². The molecular weight excluding hydrogens is 310 g/mol. The van der Waals surface area contributed by atoms with E-state index >= 15 is 0 Å². The van der Waals surface area contributed by atoms with Crippen molar-refractivity contribution in [1.82, 2.24) is 4.90 Å². The topological polar surface area (TPSA) is 21.7 Å². The Balaban J connectivity index is 2.00. The number of rotatable bonds is 8. The van der Waals surface area contributed by atoms with E-state index in [-0.39, 0.29) is 12.2 Å². The van der Waals surface area contributed by atoms with Gasteiger partial charge in [0.05, 0.1) is 12.2 Å². The van der Waals surface area contributed by atoms with Gasteiger partial charge in [0.15, 0.2) is 0 Å². The van der Waals surface area contributed by atoms with Crippen molar-refractivity contribution in [3.8, 4) is 11.5 Å². The molecule has 3 nitrogen and oxygen atoms in total. The molecular formula is C22H37NO2. The third kappa shape index (κ3) is 7.27. The van der Waals surface area contributed by atoms with Gasteiger partial charge in [0.2, 0.25) is 0 Å². The molecule has 0 N–H and O–H groups in total. The maximum absolute atomic E-state index is 5.93. The van der Waals surface area contributed by atoms with Crippen molar-refractivity contribution in [2.75, 3.05) is 13.1 Å². The Hall–Kier alpha value is -1.22. The van der Waals surface area contributed by atoms with Crippen LogP contribution >= 0.6 is 0 Å². The predicted octanol–water partition coefficient (Wildman–Crippen LogP) is 5.52. The molecule has 1 saturated heterocycles. The maximum atomic E-state index is 5.93. The molecule has 142 valence electrons. The summed E-state index contributed by atoms with van der Waals surface area (Å²) >= 11 is 0. The van der Waals surface area contributed by atoms with Crippen molar-refractivity contribution < 1.29 is 9.47 Å². The molecule has 0 radical (unpaired) electrons. The van der Waals surface area contributed by atoms with Crippen LogP contribution in [0, 0.1) is 11.8 Å². The van der Waals surface area contributed by atoms with E-state index < -0.39 is 0 Å². The summed E-state index contributed by atoms with van der Waals surface area (Å²) in [6.07, 6.45) is 4.38. The molecule has 2 rings (SSSR count). The highest BCUT2D eigenvalue weighted by Gasteiger charge is 2.20. The summed E-state index contributed by atoms with van der Waals surface area (Å²) < 4.78 is 11.9. The zero-order valence-electron chi connectivity index (χ0n) is 17.0. The van der Waals surface area contributed by atoms with Crippen LogP contribution in [-0.4, -0.2) is 30.2 Å². The summed E-state index contributed by atoms with van der Waals surface area (Å²) in [6.45, 7) is 16.3. The molecule has 0 atom stereocenters. The summed E-state index contributed by atoms with van der Waals surface area (Å²) in [4.78, 5) is 2.57. The minimum Gasteiger partial charge on any atom is -0.491 e. The average Bonchev–Trinajstić information content (AvgIpc) is 2.47. The smallest absolute Gasteiger partial charge is 0.123 e. The van der Waals surface area contributed by atoms with E-state index in [2.05, 4.69) is 58.6 Å². The van der Waals surface area contributed by atoms with E-state index in [0.29, 0.717) is 0 Å². The lowest BCUT2D eigenvalue weighted by atomic mass is 9.88. The maximum Gasteiger partial charge on any atom is 0.123 e. The molecule has 1 aromatic rings. The lowest BCUT2D eigenvalue weighted by Crippen LogP contribution is -2.33. The first-order chi connectivity index (χ1) is 11.8. The lowest BCUT2D eigenvalue weighted by molar-refractivity contribution is 0.163. The standard InChI is InChI=1S/C22H37NO2/c1-16(2)11-19-7-9-23(10-8-19)15-20-12-21(24-17(3)4)14-22(13-20)25-18(5)6/h12-14,16-19H,7-11,15H2,1-6H3. The molecule has 0 aromatic heterocycles. The number of likely N-dealkylation sites (tertiary alicyclic amines) is 1. The largest absolute Gasteiger partial charge is 0.491 e. The van der Waals surface area contributed by atoms with Crippen LogP contribution in [0.1, 0.15) is 66.4 Å². The monoisotopic (exact) mass is 347 g/mol. The second kappa shape index (κ2) is 9.47. The summed E-state index contributed by atoms with van der Waals surface area (Å²) in [5, 5.41) is 0. The summed E-state index contributed by atoms with van der Waals surface area (Å²) in [7, 11) is 0. The lowest BCUT2D eigenvalue weighted by Gasteiger charge is -2.33. The van der Waals surface area contributed by atoms with Crippen molar-refractivity contribution in [3.63, 3.8) is 0 Å². The van der Waals surface area contributed by atoms with Crippen LogP contribution in [0.5, 0.6) is 11.5 Å². The van der Waals surface area contributed by atoms with Gasteiger partial charge in [0, 0.05) is 12.6 Å². The summed E-state index contributed by atoms with van der Waals surface area (Å²) in [5.74, 6) is 3.56. The van der Waals surface area contributed by atoms with Crippen molar-refractivity contribution in [2.24, 2.45) is 11.8 Å². The summed E-state index contributed by atoms with van der Waals surface area (Å²) in [5.41, 5.74) is 1.29. The minimum absolute atomic E-state index is 0.175. The van der Waals surface area contributed by atoms with Gasteiger partial charge in [-0.15, -0.1) is 0 Å². The first-order valence-electron chi connectivity index (χ1n) is 10.0. The van der Waals surface area contributed by atoms with Crippen LogP contribution in [0.3, 0.4) is 0 Å². The van der Waals surface area contributed by atoms with E-state index in [0.717, 1.165) is 29.9 Å². The van der Waals surface area contributed by atoms with Crippen LogP contribution in [-0.2, 0) is 6.54 Å². The van der Waals surface area contributed by atoms with Gasteiger partial charge >= 0.3 is 0 Å². The molecule has 0 spiro atoms. The van der Waals surface area contributed by atoms with Crippen LogP contribution in [0.25, 0.3) is 0 Å². The van der Waals surface area contributed by atoms with Gasteiger partial charge in [0.1, 0.15) is 11.5 Å². The van der Waals surface area contributed by atoms with Gasteiger partial charge in [0.25, 0.3) is 0 Å². The fraction of sp³-hybridized carbons (Fsp3) is 0.727. The molecule has 25 heavy (non-hydrogen) atoms.